The van der Waals surface area contributed by atoms with E-state index in [0.29, 0.717) is 17.9 Å². The van der Waals surface area contributed by atoms with Crippen LogP contribution in [0.25, 0.3) is 0 Å². The van der Waals surface area contributed by atoms with E-state index in [-0.39, 0.29) is 12.0 Å². The zero-order chi connectivity index (χ0) is 33.1. The van der Waals surface area contributed by atoms with Crippen LogP contribution in [0.15, 0.2) is 84.9 Å². The predicted molar refractivity (Wildman–Crippen MR) is 161 cm³/mol. The second-order valence-corrected chi connectivity index (χ2v) is 10.4. The molecule has 0 spiro atoms. The highest BCUT2D eigenvalue weighted by Crippen LogP contribution is 2.29. The Hall–Kier alpha value is -5.23. The summed E-state index contributed by atoms with van der Waals surface area (Å²) >= 11 is 0. The van der Waals surface area contributed by atoms with Crippen LogP contribution in [-0.4, -0.2) is 67.0 Å². The van der Waals surface area contributed by atoms with Gasteiger partial charge in [0.1, 0.15) is 31.1 Å². The molecule has 12 nitrogen and oxygen atoms in total. The van der Waals surface area contributed by atoms with Gasteiger partial charge in [-0.15, -0.1) is 0 Å². The summed E-state index contributed by atoms with van der Waals surface area (Å²) in [6, 6.07) is 23.3. The first-order chi connectivity index (χ1) is 22.1. The third-order valence-corrected chi connectivity index (χ3v) is 6.80. The van der Waals surface area contributed by atoms with E-state index in [1.807, 2.05) is 30.3 Å². The van der Waals surface area contributed by atoms with Crippen molar-refractivity contribution in [2.45, 2.75) is 64.4 Å². The molecule has 1 heterocycles. The van der Waals surface area contributed by atoms with E-state index in [2.05, 4.69) is 5.32 Å². The van der Waals surface area contributed by atoms with Crippen LogP contribution >= 0.6 is 0 Å². The summed E-state index contributed by atoms with van der Waals surface area (Å²) < 4.78 is 33.6. The molecule has 3 aromatic rings. The minimum atomic E-state index is -1.54. The van der Waals surface area contributed by atoms with Gasteiger partial charge in [0.2, 0.25) is 6.29 Å². The van der Waals surface area contributed by atoms with Gasteiger partial charge in [0.25, 0.3) is 5.91 Å². The maximum atomic E-state index is 13.5. The maximum absolute atomic E-state index is 13.5. The van der Waals surface area contributed by atoms with Crippen LogP contribution in [0.4, 0.5) is 0 Å². The molecule has 46 heavy (non-hydrogen) atoms. The molecule has 1 N–H and O–H groups in total. The standard InChI is InChI=1S/C34H35NO11/c1-21(36)41-20-28-31(43-22(2)37)32(44-23(3)38)30(34(45-28)46-29(39)18-24-10-6-4-7-11-24)35-33(40)26-14-16-27(17-15-26)42-19-25-12-8-5-9-13-25/h4-17,28,30-32,34H,18-20H2,1-3H3,(H,35,40)/t28-,30+,31+,32-,34+/m0/s1. The lowest BCUT2D eigenvalue weighted by atomic mass is 9.95. The fourth-order valence-electron chi connectivity index (χ4n) is 4.77. The average Bonchev–Trinajstić information content (AvgIpc) is 3.02. The van der Waals surface area contributed by atoms with Crippen molar-refractivity contribution in [1.29, 1.82) is 0 Å². The van der Waals surface area contributed by atoms with Crippen molar-refractivity contribution in [3.63, 3.8) is 0 Å². The fraction of sp³-hybridized carbons (Fsp3) is 0.324. The van der Waals surface area contributed by atoms with Gasteiger partial charge in [0, 0.05) is 26.3 Å². The lowest BCUT2D eigenvalue weighted by Crippen LogP contribution is -2.67. The van der Waals surface area contributed by atoms with E-state index in [0.717, 1.165) is 19.4 Å². The summed E-state index contributed by atoms with van der Waals surface area (Å²) in [5.41, 5.74) is 1.83. The van der Waals surface area contributed by atoms with Crippen molar-refractivity contribution < 1.29 is 52.4 Å². The lowest BCUT2D eigenvalue weighted by molar-refractivity contribution is -0.270. The topological polar surface area (TPSA) is 153 Å². The van der Waals surface area contributed by atoms with Crippen molar-refractivity contribution in [3.8, 4) is 5.75 Å². The Bertz CT molecular complexity index is 1490. The molecular weight excluding hydrogens is 598 g/mol. The molecule has 3 aromatic carbocycles. The van der Waals surface area contributed by atoms with Crippen LogP contribution in [0.5, 0.6) is 5.75 Å². The first kappa shape index (κ1) is 33.7. The molecule has 1 amide bonds. The zero-order valence-corrected chi connectivity index (χ0v) is 25.6. The number of esters is 4. The third-order valence-electron chi connectivity index (χ3n) is 6.80. The molecular formula is C34H35NO11. The van der Waals surface area contributed by atoms with E-state index in [4.69, 9.17) is 28.4 Å². The number of hydrogen-bond donors (Lipinski definition) is 1. The first-order valence-electron chi connectivity index (χ1n) is 14.5. The number of carbonyl (C=O) groups is 5. The molecule has 1 aliphatic rings. The van der Waals surface area contributed by atoms with Gasteiger partial charge >= 0.3 is 23.9 Å². The van der Waals surface area contributed by atoms with Crippen molar-refractivity contribution >= 4 is 29.8 Å². The van der Waals surface area contributed by atoms with E-state index < -0.39 is 67.0 Å². The van der Waals surface area contributed by atoms with Crippen molar-refractivity contribution in [2.75, 3.05) is 6.61 Å². The van der Waals surface area contributed by atoms with Gasteiger partial charge in [-0.05, 0) is 35.4 Å². The van der Waals surface area contributed by atoms with E-state index in [9.17, 15) is 24.0 Å². The maximum Gasteiger partial charge on any atom is 0.312 e. The molecule has 242 valence electrons. The smallest absolute Gasteiger partial charge is 0.312 e. The molecule has 0 aliphatic carbocycles. The molecule has 0 saturated carbocycles. The second kappa shape index (κ2) is 16.2. The van der Waals surface area contributed by atoms with Crippen LogP contribution in [0, 0.1) is 0 Å². The summed E-state index contributed by atoms with van der Waals surface area (Å²) in [6.45, 7) is 3.34. The quantitative estimate of drug-likeness (QED) is 0.231. The zero-order valence-electron chi connectivity index (χ0n) is 25.6. The van der Waals surface area contributed by atoms with Crippen LogP contribution in [0.1, 0.15) is 42.3 Å². The summed E-state index contributed by atoms with van der Waals surface area (Å²) in [7, 11) is 0. The Morgan fingerprint density at radius 3 is 1.87 bits per heavy atom. The molecule has 1 saturated heterocycles. The summed E-state index contributed by atoms with van der Waals surface area (Å²) in [6.07, 6.45) is -5.63. The minimum absolute atomic E-state index is 0.133. The SMILES string of the molecule is CC(=O)OC[C@@H]1O[C@H](OC(=O)Cc2ccccc2)[C@H](NC(=O)c2ccc(OCc3ccccc3)cc2)[C@H](OC(C)=O)[C@@H]1OC(C)=O. The Morgan fingerprint density at radius 2 is 1.28 bits per heavy atom. The Balaban J connectivity index is 1.59. The number of rotatable bonds is 12. The second-order valence-electron chi connectivity index (χ2n) is 10.4. The number of ether oxygens (including phenoxy) is 6. The van der Waals surface area contributed by atoms with Gasteiger partial charge in [0.15, 0.2) is 12.2 Å². The third kappa shape index (κ3) is 9.89. The van der Waals surface area contributed by atoms with Crippen LogP contribution < -0.4 is 10.1 Å². The predicted octanol–water partition coefficient (Wildman–Crippen LogP) is 3.30. The van der Waals surface area contributed by atoms with Crippen molar-refractivity contribution in [1.82, 2.24) is 5.32 Å². The Kier molecular flexibility index (Phi) is 11.8. The highest BCUT2D eigenvalue weighted by molar-refractivity contribution is 5.94. The normalized spacial score (nSPS) is 20.5. The molecule has 0 radical (unpaired) electrons. The number of carbonyl (C=O) groups excluding carboxylic acids is 5. The van der Waals surface area contributed by atoms with Gasteiger partial charge < -0.3 is 33.7 Å². The molecule has 1 fully saturated rings. The Morgan fingerprint density at radius 1 is 0.696 bits per heavy atom. The Labute approximate surface area is 265 Å². The highest BCUT2D eigenvalue weighted by atomic mass is 16.7. The van der Waals surface area contributed by atoms with Gasteiger partial charge in [-0.3, -0.25) is 24.0 Å². The minimum Gasteiger partial charge on any atom is -0.489 e. The summed E-state index contributed by atoms with van der Waals surface area (Å²) in [4.78, 5) is 62.5. The fourth-order valence-corrected chi connectivity index (χ4v) is 4.77. The highest BCUT2D eigenvalue weighted by Gasteiger charge is 2.52. The van der Waals surface area contributed by atoms with E-state index >= 15 is 0 Å². The summed E-state index contributed by atoms with van der Waals surface area (Å²) in [5, 5.41) is 2.72. The van der Waals surface area contributed by atoms with Crippen LogP contribution in [-0.2, 0) is 55.9 Å². The van der Waals surface area contributed by atoms with Gasteiger partial charge in [-0.25, -0.2) is 0 Å². The molecule has 0 bridgehead atoms. The van der Waals surface area contributed by atoms with Gasteiger partial charge in [-0.1, -0.05) is 60.7 Å². The molecule has 1 aliphatic heterocycles. The molecule has 4 rings (SSSR count). The number of benzene rings is 3. The van der Waals surface area contributed by atoms with Crippen molar-refractivity contribution in [2.24, 2.45) is 0 Å². The van der Waals surface area contributed by atoms with Crippen molar-refractivity contribution in [3.05, 3.63) is 102 Å². The number of hydrogen-bond acceptors (Lipinski definition) is 11. The monoisotopic (exact) mass is 633 g/mol. The van der Waals surface area contributed by atoms with Gasteiger partial charge in [-0.2, -0.15) is 0 Å². The molecule has 5 atom stereocenters. The van der Waals surface area contributed by atoms with Crippen LogP contribution in [0.3, 0.4) is 0 Å². The number of nitrogens with one attached hydrogen (secondary N) is 1. The molecule has 12 heteroatoms. The lowest BCUT2D eigenvalue weighted by Gasteiger charge is -2.44. The number of amides is 1. The van der Waals surface area contributed by atoms with Crippen LogP contribution in [0.2, 0.25) is 0 Å². The van der Waals surface area contributed by atoms with E-state index in [1.54, 1.807) is 42.5 Å². The average molecular weight is 634 g/mol. The summed E-state index contributed by atoms with van der Waals surface area (Å²) in [5.74, 6) is -3.01. The van der Waals surface area contributed by atoms with E-state index in [1.165, 1.54) is 19.1 Å². The molecule has 0 unspecified atom stereocenters. The largest absolute Gasteiger partial charge is 0.489 e. The van der Waals surface area contributed by atoms with Gasteiger partial charge in [0.05, 0.1) is 6.42 Å². The molecule has 0 aromatic heterocycles. The first-order valence-corrected chi connectivity index (χ1v) is 14.5.